The predicted octanol–water partition coefficient (Wildman–Crippen LogP) is 2.21. The van der Waals surface area contributed by atoms with Crippen molar-refractivity contribution >= 4 is 11.6 Å². The molecule has 1 amide bonds. The highest BCUT2D eigenvalue weighted by Crippen LogP contribution is 2.38. The zero-order chi connectivity index (χ0) is 14.6. The van der Waals surface area contributed by atoms with Gasteiger partial charge in [-0.3, -0.25) is 4.79 Å². The van der Waals surface area contributed by atoms with Crippen molar-refractivity contribution in [3.05, 3.63) is 29.8 Å². The lowest BCUT2D eigenvalue weighted by molar-refractivity contribution is -0.124. The van der Waals surface area contributed by atoms with Crippen LogP contribution in [0, 0.1) is 5.41 Å². The quantitative estimate of drug-likeness (QED) is 0.866. The van der Waals surface area contributed by atoms with E-state index in [-0.39, 0.29) is 11.3 Å². The average molecular weight is 275 g/mol. The molecular weight excluding hydrogens is 250 g/mol. The van der Waals surface area contributed by atoms with Gasteiger partial charge in [0.05, 0.1) is 5.41 Å². The standard InChI is InChI=1S/C16H25N3O/c1-19(2)11-13-7-3-4-8-14(13)18-15(20)16(12-17)9-5-6-10-16/h3-4,7-8H,5-6,9-12,17H2,1-2H3,(H,18,20). The number of anilines is 1. The number of para-hydroxylation sites is 1. The highest BCUT2D eigenvalue weighted by atomic mass is 16.2. The number of carbonyl (C=O) groups is 1. The van der Waals surface area contributed by atoms with Crippen LogP contribution in [0.2, 0.25) is 0 Å². The Labute approximate surface area is 121 Å². The summed E-state index contributed by atoms with van der Waals surface area (Å²) in [6.45, 7) is 1.25. The molecule has 1 fully saturated rings. The first-order valence-electron chi connectivity index (χ1n) is 7.31. The van der Waals surface area contributed by atoms with Gasteiger partial charge in [0, 0.05) is 18.8 Å². The van der Waals surface area contributed by atoms with Crippen LogP contribution in [0.25, 0.3) is 0 Å². The SMILES string of the molecule is CN(C)Cc1ccccc1NC(=O)C1(CN)CCCC1. The van der Waals surface area contributed by atoms with Gasteiger partial charge in [0.15, 0.2) is 0 Å². The van der Waals surface area contributed by atoms with Gasteiger partial charge in [0.2, 0.25) is 5.91 Å². The van der Waals surface area contributed by atoms with Crippen LogP contribution in [0.15, 0.2) is 24.3 Å². The van der Waals surface area contributed by atoms with Gasteiger partial charge in [-0.1, -0.05) is 31.0 Å². The molecule has 0 atom stereocenters. The summed E-state index contributed by atoms with van der Waals surface area (Å²) in [5.41, 5.74) is 7.56. The van der Waals surface area contributed by atoms with Gasteiger partial charge in [-0.05, 0) is 38.6 Å². The molecule has 4 nitrogen and oxygen atoms in total. The Balaban J connectivity index is 2.15. The second kappa shape index (κ2) is 6.37. The van der Waals surface area contributed by atoms with Crippen molar-refractivity contribution in [2.24, 2.45) is 11.1 Å². The van der Waals surface area contributed by atoms with E-state index in [0.29, 0.717) is 6.54 Å². The molecule has 0 aliphatic heterocycles. The number of hydrogen-bond donors (Lipinski definition) is 2. The minimum atomic E-state index is -0.356. The van der Waals surface area contributed by atoms with Gasteiger partial charge < -0.3 is 16.0 Å². The van der Waals surface area contributed by atoms with Gasteiger partial charge in [-0.2, -0.15) is 0 Å². The molecule has 2 rings (SSSR count). The molecule has 0 saturated heterocycles. The first kappa shape index (κ1) is 15.0. The summed E-state index contributed by atoms with van der Waals surface area (Å²) in [7, 11) is 4.05. The van der Waals surface area contributed by atoms with E-state index in [1.165, 1.54) is 0 Å². The number of carbonyl (C=O) groups excluding carboxylic acids is 1. The molecule has 1 saturated carbocycles. The van der Waals surface area contributed by atoms with E-state index >= 15 is 0 Å². The minimum absolute atomic E-state index is 0.0868. The van der Waals surface area contributed by atoms with E-state index in [4.69, 9.17) is 5.73 Å². The maximum absolute atomic E-state index is 12.6. The van der Waals surface area contributed by atoms with Crippen LogP contribution in [0.5, 0.6) is 0 Å². The Bertz CT molecular complexity index is 465. The number of benzene rings is 1. The molecule has 1 aromatic carbocycles. The van der Waals surface area contributed by atoms with Crippen molar-refractivity contribution < 1.29 is 4.79 Å². The smallest absolute Gasteiger partial charge is 0.231 e. The van der Waals surface area contributed by atoms with E-state index in [2.05, 4.69) is 16.3 Å². The lowest BCUT2D eigenvalue weighted by Crippen LogP contribution is -2.40. The molecular formula is C16H25N3O. The molecule has 0 unspecified atom stereocenters. The van der Waals surface area contributed by atoms with Crippen LogP contribution in [-0.2, 0) is 11.3 Å². The molecule has 0 aromatic heterocycles. The van der Waals surface area contributed by atoms with Crippen molar-refractivity contribution in [2.45, 2.75) is 32.2 Å². The third-order valence-electron chi connectivity index (χ3n) is 4.19. The topological polar surface area (TPSA) is 58.4 Å². The van der Waals surface area contributed by atoms with Gasteiger partial charge >= 0.3 is 0 Å². The number of nitrogens with two attached hydrogens (primary N) is 1. The van der Waals surface area contributed by atoms with E-state index in [1.807, 2.05) is 32.3 Å². The second-order valence-corrected chi connectivity index (χ2v) is 6.04. The zero-order valence-corrected chi connectivity index (χ0v) is 12.5. The maximum Gasteiger partial charge on any atom is 0.231 e. The van der Waals surface area contributed by atoms with Gasteiger partial charge in [0.1, 0.15) is 0 Å². The summed E-state index contributed by atoms with van der Waals surface area (Å²) >= 11 is 0. The Morgan fingerprint density at radius 2 is 1.95 bits per heavy atom. The van der Waals surface area contributed by atoms with Crippen molar-refractivity contribution in [2.75, 3.05) is 26.0 Å². The summed E-state index contributed by atoms with van der Waals surface area (Å²) in [6.07, 6.45) is 4.02. The van der Waals surface area contributed by atoms with Gasteiger partial charge in [0.25, 0.3) is 0 Å². The molecule has 1 aromatic rings. The monoisotopic (exact) mass is 275 g/mol. The van der Waals surface area contributed by atoms with Crippen LogP contribution in [-0.4, -0.2) is 31.4 Å². The zero-order valence-electron chi connectivity index (χ0n) is 12.5. The molecule has 0 heterocycles. The first-order valence-corrected chi connectivity index (χ1v) is 7.31. The third kappa shape index (κ3) is 3.19. The highest BCUT2D eigenvalue weighted by molar-refractivity contribution is 5.96. The number of rotatable bonds is 5. The van der Waals surface area contributed by atoms with Gasteiger partial charge in [-0.15, -0.1) is 0 Å². The van der Waals surface area contributed by atoms with Crippen molar-refractivity contribution in [3.8, 4) is 0 Å². The summed E-state index contributed by atoms with van der Waals surface area (Å²) in [5.74, 6) is 0.0868. The highest BCUT2D eigenvalue weighted by Gasteiger charge is 2.39. The Kier molecular flexibility index (Phi) is 4.78. The van der Waals surface area contributed by atoms with Gasteiger partial charge in [-0.25, -0.2) is 0 Å². The molecule has 0 spiro atoms. The number of nitrogens with one attached hydrogen (secondary N) is 1. The Hall–Kier alpha value is -1.39. The molecule has 110 valence electrons. The fraction of sp³-hybridized carbons (Fsp3) is 0.562. The molecule has 0 radical (unpaired) electrons. The first-order chi connectivity index (χ1) is 9.57. The van der Waals surface area contributed by atoms with Crippen molar-refractivity contribution in [1.82, 2.24) is 4.90 Å². The molecule has 1 aliphatic carbocycles. The average Bonchev–Trinajstić information content (AvgIpc) is 2.90. The van der Waals surface area contributed by atoms with Crippen molar-refractivity contribution in [1.29, 1.82) is 0 Å². The number of hydrogen-bond acceptors (Lipinski definition) is 3. The normalized spacial score (nSPS) is 17.4. The van der Waals surface area contributed by atoms with Crippen LogP contribution < -0.4 is 11.1 Å². The lowest BCUT2D eigenvalue weighted by Gasteiger charge is -2.26. The van der Waals surface area contributed by atoms with E-state index in [0.717, 1.165) is 43.5 Å². The van der Waals surface area contributed by atoms with E-state index in [9.17, 15) is 4.79 Å². The molecule has 1 aliphatic rings. The largest absolute Gasteiger partial charge is 0.329 e. The summed E-state index contributed by atoms with van der Waals surface area (Å²) in [5, 5.41) is 3.10. The minimum Gasteiger partial charge on any atom is -0.329 e. The predicted molar refractivity (Wildman–Crippen MR) is 82.4 cm³/mol. The number of nitrogens with zero attached hydrogens (tertiary/aromatic N) is 1. The van der Waals surface area contributed by atoms with Crippen LogP contribution in [0.3, 0.4) is 0 Å². The second-order valence-electron chi connectivity index (χ2n) is 6.04. The van der Waals surface area contributed by atoms with E-state index < -0.39 is 0 Å². The van der Waals surface area contributed by atoms with E-state index in [1.54, 1.807) is 0 Å². The van der Waals surface area contributed by atoms with Crippen LogP contribution in [0.1, 0.15) is 31.2 Å². The molecule has 20 heavy (non-hydrogen) atoms. The van der Waals surface area contributed by atoms with Crippen LogP contribution in [0.4, 0.5) is 5.69 Å². The fourth-order valence-corrected chi connectivity index (χ4v) is 2.95. The molecule has 3 N–H and O–H groups in total. The van der Waals surface area contributed by atoms with Crippen molar-refractivity contribution in [3.63, 3.8) is 0 Å². The Morgan fingerprint density at radius 1 is 1.30 bits per heavy atom. The van der Waals surface area contributed by atoms with Crippen LogP contribution >= 0.6 is 0 Å². The third-order valence-corrected chi connectivity index (χ3v) is 4.19. The molecule has 0 bridgehead atoms. The summed E-state index contributed by atoms with van der Waals surface area (Å²) < 4.78 is 0. The fourth-order valence-electron chi connectivity index (χ4n) is 2.95. The maximum atomic E-state index is 12.6. The lowest BCUT2D eigenvalue weighted by atomic mass is 9.85. The number of amides is 1. The summed E-state index contributed by atoms with van der Waals surface area (Å²) in [6, 6.07) is 7.98. The molecule has 4 heteroatoms. The summed E-state index contributed by atoms with van der Waals surface area (Å²) in [4.78, 5) is 14.7. The Morgan fingerprint density at radius 3 is 2.55 bits per heavy atom.